The van der Waals surface area contributed by atoms with Crippen molar-refractivity contribution in [2.45, 2.75) is 30.4 Å². The molecule has 0 aliphatic heterocycles. The van der Waals surface area contributed by atoms with Gasteiger partial charge in [-0.05, 0) is 68.3 Å². The molecule has 0 saturated carbocycles. The van der Waals surface area contributed by atoms with Crippen LogP contribution in [0.5, 0.6) is 0 Å². The third-order valence-electron chi connectivity index (χ3n) is 5.30. The SMILES string of the molecule is Cc1cc(SC(C)(C)C(=O)O)ccc1-c1nc(C(=O)Nc2ccc(F)cc2)c(-c2ccccc2)s1. The second kappa shape index (κ2) is 10.0. The molecule has 0 radical (unpaired) electrons. The predicted molar refractivity (Wildman–Crippen MR) is 140 cm³/mol. The van der Waals surface area contributed by atoms with E-state index in [1.165, 1.54) is 47.4 Å². The first-order valence-corrected chi connectivity index (χ1v) is 12.4. The molecule has 1 amide bonds. The quantitative estimate of drug-likeness (QED) is 0.261. The van der Waals surface area contributed by atoms with Crippen molar-refractivity contribution in [2.75, 3.05) is 5.32 Å². The Morgan fingerprint density at radius 1 is 1.03 bits per heavy atom. The summed E-state index contributed by atoms with van der Waals surface area (Å²) in [6.45, 7) is 5.28. The van der Waals surface area contributed by atoms with Gasteiger partial charge in [0.2, 0.25) is 0 Å². The van der Waals surface area contributed by atoms with E-state index >= 15 is 0 Å². The zero-order chi connectivity index (χ0) is 25.2. The van der Waals surface area contributed by atoms with E-state index in [2.05, 4.69) is 5.32 Å². The molecule has 2 N–H and O–H groups in total. The first-order chi connectivity index (χ1) is 16.6. The number of carboxylic acids is 1. The molecule has 5 nitrogen and oxygen atoms in total. The summed E-state index contributed by atoms with van der Waals surface area (Å²) in [7, 11) is 0. The lowest BCUT2D eigenvalue weighted by Gasteiger charge is -2.19. The lowest BCUT2D eigenvalue weighted by molar-refractivity contribution is -0.138. The Hall–Kier alpha value is -3.49. The zero-order valence-corrected chi connectivity index (χ0v) is 21.0. The van der Waals surface area contributed by atoms with Crippen LogP contribution < -0.4 is 5.32 Å². The highest BCUT2D eigenvalue weighted by atomic mass is 32.2. The molecule has 8 heteroatoms. The molecule has 4 aromatic rings. The van der Waals surface area contributed by atoms with E-state index in [0.717, 1.165) is 26.5 Å². The number of nitrogens with zero attached hydrogens (tertiary/aromatic N) is 1. The van der Waals surface area contributed by atoms with Gasteiger partial charge in [0.25, 0.3) is 5.91 Å². The fourth-order valence-corrected chi connectivity index (χ4v) is 5.58. The second-order valence-corrected chi connectivity index (χ2v) is 11.1. The maximum atomic E-state index is 13.3. The largest absolute Gasteiger partial charge is 0.480 e. The van der Waals surface area contributed by atoms with E-state index in [-0.39, 0.29) is 17.4 Å². The topological polar surface area (TPSA) is 79.3 Å². The van der Waals surface area contributed by atoms with Gasteiger partial charge in [0.1, 0.15) is 21.3 Å². The van der Waals surface area contributed by atoms with E-state index in [1.54, 1.807) is 13.8 Å². The Bertz CT molecular complexity index is 1380. The van der Waals surface area contributed by atoms with Crippen molar-refractivity contribution >= 4 is 40.7 Å². The van der Waals surface area contributed by atoms with Crippen molar-refractivity contribution in [2.24, 2.45) is 0 Å². The number of aromatic nitrogens is 1. The molecule has 1 heterocycles. The monoisotopic (exact) mass is 506 g/mol. The van der Waals surface area contributed by atoms with Crippen LogP contribution in [0.3, 0.4) is 0 Å². The van der Waals surface area contributed by atoms with E-state index in [9.17, 15) is 19.1 Å². The average molecular weight is 507 g/mol. The summed E-state index contributed by atoms with van der Waals surface area (Å²) in [5, 5.41) is 12.9. The van der Waals surface area contributed by atoms with Crippen LogP contribution in [0.1, 0.15) is 29.9 Å². The van der Waals surface area contributed by atoms with Crippen LogP contribution in [0, 0.1) is 12.7 Å². The van der Waals surface area contributed by atoms with Crippen LogP contribution in [0.25, 0.3) is 21.0 Å². The van der Waals surface area contributed by atoms with Crippen molar-refractivity contribution in [1.29, 1.82) is 0 Å². The molecule has 3 aromatic carbocycles. The summed E-state index contributed by atoms with van der Waals surface area (Å²) < 4.78 is 12.3. The van der Waals surface area contributed by atoms with Crippen molar-refractivity contribution in [1.82, 2.24) is 4.98 Å². The minimum atomic E-state index is -0.957. The highest BCUT2D eigenvalue weighted by molar-refractivity contribution is 8.01. The molecular formula is C27H23FN2O3S2. The van der Waals surface area contributed by atoms with E-state index in [4.69, 9.17) is 4.98 Å². The number of hydrogen-bond acceptors (Lipinski definition) is 5. The summed E-state index contributed by atoms with van der Waals surface area (Å²) in [4.78, 5) is 30.9. The number of amides is 1. The smallest absolute Gasteiger partial charge is 0.319 e. The molecule has 0 fully saturated rings. The van der Waals surface area contributed by atoms with Gasteiger partial charge in [0.15, 0.2) is 0 Å². The van der Waals surface area contributed by atoms with Gasteiger partial charge in [-0.2, -0.15) is 0 Å². The number of carbonyl (C=O) groups excluding carboxylic acids is 1. The molecule has 178 valence electrons. The summed E-state index contributed by atoms with van der Waals surface area (Å²) in [6.07, 6.45) is 0. The number of carbonyl (C=O) groups is 2. The van der Waals surface area contributed by atoms with E-state index in [1.807, 2.05) is 55.5 Å². The predicted octanol–water partition coefficient (Wildman–Crippen LogP) is 7.13. The molecule has 35 heavy (non-hydrogen) atoms. The van der Waals surface area contributed by atoms with Gasteiger partial charge in [-0.25, -0.2) is 9.37 Å². The molecule has 1 aromatic heterocycles. The van der Waals surface area contributed by atoms with Crippen LogP contribution in [0.2, 0.25) is 0 Å². The Labute approximate surface area is 211 Å². The van der Waals surface area contributed by atoms with Crippen LogP contribution in [0.15, 0.2) is 77.7 Å². The molecule has 0 atom stereocenters. The summed E-state index contributed by atoms with van der Waals surface area (Å²) in [6, 6.07) is 20.8. The number of aryl methyl sites for hydroxylation is 1. The van der Waals surface area contributed by atoms with E-state index in [0.29, 0.717) is 10.7 Å². The first-order valence-electron chi connectivity index (χ1n) is 10.8. The Morgan fingerprint density at radius 2 is 1.71 bits per heavy atom. The zero-order valence-electron chi connectivity index (χ0n) is 19.3. The highest BCUT2D eigenvalue weighted by Crippen LogP contribution is 2.39. The van der Waals surface area contributed by atoms with Crippen LogP contribution >= 0.6 is 23.1 Å². The second-order valence-electron chi connectivity index (χ2n) is 8.42. The maximum absolute atomic E-state index is 13.3. The van der Waals surface area contributed by atoms with Crippen LogP contribution in [-0.4, -0.2) is 26.7 Å². The number of nitrogens with one attached hydrogen (secondary N) is 1. The molecule has 0 aliphatic rings. The molecule has 4 rings (SSSR count). The maximum Gasteiger partial charge on any atom is 0.319 e. The molecular weight excluding hydrogens is 483 g/mol. The fraction of sp³-hybridized carbons (Fsp3) is 0.148. The number of benzene rings is 3. The number of rotatable bonds is 7. The summed E-state index contributed by atoms with van der Waals surface area (Å²) in [5.74, 6) is -1.65. The Morgan fingerprint density at radius 3 is 2.34 bits per heavy atom. The van der Waals surface area contributed by atoms with Crippen LogP contribution in [-0.2, 0) is 4.79 Å². The fourth-order valence-electron chi connectivity index (χ4n) is 3.38. The van der Waals surface area contributed by atoms with Crippen molar-refractivity contribution in [3.8, 4) is 21.0 Å². The number of carboxylic acid groups (broad SMARTS) is 1. The normalized spacial score (nSPS) is 11.3. The van der Waals surface area contributed by atoms with Gasteiger partial charge >= 0.3 is 5.97 Å². The molecule has 0 saturated heterocycles. The standard InChI is InChI=1S/C27H23FN2O3S2/c1-16-15-20(35-27(2,3)26(32)33)13-14-21(16)25-30-22(23(34-25)17-7-5-4-6-8-17)24(31)29-19-11-9-18(28)10-12-19/h4-15H,1-3H3,(H,29,31)(H,32,33). The third-order valence-corrected chi connectivity index (χ3v) is 7.61. The van der Waals surface area contributed by atoms with Gasteiger partial charge < -0.3 is 10.4 Å². The van der Waals surface area contributed by atoms with Gasteiger partial charge in [0, 0.05) is 16.1 Å². The van der Waals surface area contributed by atoms with Crippen molar-refractivity contribution in [3.05, 3.63) is 89.9 Å². The van der Waals surface area contributed by atoms with Crippen molar-refractivity contribution < 1.29 is 19.1 Å². The molecule has 0 bridgehead atoms. The molecule has 0 unspecified atom stereocenters. The minimum Gasteiger partial charge on any atom is -0.480 e. The lowest BCUT2D eigenvalue weighted by atomic mass is 10.1. The number of halogens is 1. The molecule has 0 spiro atoms. The van der Waals surface area contributed by atoms with Gasteiger partial charge in [0.05, 0.1) is 4.88 Å². The lowest BCUT2D eigenvalue weighted by Crippen LogP contribution is -2.26. The third kappa shape index (κ3) is 5.61. The Kier molecular flexibility index (Phi) is 7.05. The van der Waals surface area contributed by atoms with Gasteiger partial charge in [-0.1, -0.05) is 36.4 Å². The number of hydrogen-bond donors (Lipinski definition) is 2. The van der Waals surface area contributed by atoms with E-state index < -0.39 is 10.7 Å². The first kappa shape index (κ1) is 24.6. The van der Waals surface area contributed by atoms with Crippen molar-refractivity contribution in [3.63, 3.8) is 0 Å². The summed E-state index contributed by atoms with van der Waals surface area (Å²) >= 11 is 2.69. The highest BCUT2D eigenvalue weighted by Gasteiger charge is 2.29. The minimum absolute atomic E-state index is 0.283. The van der Waals surface area contributed by atoms with Crippen LogP contribution in [0.4, 0.5) is 10.1 Å². The van der Waals surface area contributed by atoms with Gasteiger partial charge in [-0.3, -0.25) is 9.59 Å². The van der Waals surface area contributed by atoms with Gasteiger partial charge in [-0.15, -0.1) is 23.1 Å². The number of aliphatic carboxylic acids is 1. The number of thioether (sulfide) groups is 1. The number of thiazole rings is 1. The Balaban J connectivity index is 1.71. The average Bonchev–Trinajstić information content (AvgIpc) is 3.26. The number of anilines is 1. The summed E-state index contributed by atoms with van der Waals surface area (Å²) in [5.41, 5.74) is 3.42. The molecule has 0 aliphatic carbocycles.